The summed E-state index contributed by atoms with van der Waals surface area (Å²) < 4.78 is 0. The van der Waals surface area contributed by atoms with Gasteiger partial charge in [-0.3, -0.25) is 4.79 Å². The maximum absolute atomic E-state index is 11.7. The van der Waals surface area contributed by atoms with Crippen LogP contribution in [0.2, 0.25) is 0 Å². The Morgan fingerprint density at radius 3 is 2.86 bits per heavy atom. The summed E-state index contributed by atoms with van der Waals surface area (Å²) in [5, 5.41) is 23.0. The van der Waals surface area contributed by atoms with E-state index in [-0.39, 0.29) is 12.1 Å². The zero-order chi connectivity index (χ0) is 15.2. The molecule has 0 aromatic heterocycles. The summed E-state index contributed by atoms with van der Waals surface area (Å²) in [5.74, 6) is -1.42. The van der Waals surface area contributed by atoms with Crippen molar-refractivity contribution >= 4 is 12.0 Å². The van der Waals surface area contributed by atoms with Crippen LogP contribution in [0.5, 0.6) is 0 Å². The Morgan fingerprint density at radius 2 is 2.19 bits per heavy atom. The first-order valence-electron chi connectivity index (χ1n) is 6.53. The molecule has 6 nitrogen and oxygen atoms in total. The van der Waals surface area contributed by atoms with Crippen LogP contribution in [0.4, 0.5) is 4.79 Å². The molecule has 2 rings (SSSR count). The summed E-state index contributed by atoms with van der Waals surface area (Å²) >= 11 is 0. The summed E-state index contributed by atoms with van der Waals surface area (Å²) in [4.78, 5) is 22.5. The molecule has 21 heavy (non-hydrogen) atoms. The lowest BCUT2D eigenvalue weighted by Gasteiger charge is -2.13. The van der Waals surface area contributed by atoms with Crippen LogP contribution in [0.3, 0.4) is 0 Å². The smallest absolute Gasteiger partial charge is 0.315 e. The SMILES string of the molecule is N#Cc1cccc(CNC(=O)NC2C=CC(C(=O)O)C2)c1. The van der Waals surface area contributed by atoms with Gasteiger partial charge in [0.15, 0.2) is 0 Å². The number of aliphatic carboxylic acids is 1. The summed E-state index contributed by atoms with van der Waals surface area (Å²) in [6.45, 7) is 0.306. The van der Waals surface area contributed by atoms with Crippen LogP contribution in [-0.2, 0) is 11.3 Å². The molecule has 3 N–H and O–H groups in total. The number of hydrogen-bond acceptors (Lipinski definition) is 3. The molecule has 1 aromatic rings. The third kappa shape index (κ3) is 4.08. The van der Waals surface area contributed by atoms with E-state index in [1.807, 2.05) is 12.1 Å². The average Bonchev–Trinajstić information content (AvgIpc) is 2.94. The average molecular weight is 285 g/mol. The summed E-state index contributed by atoms with van der Waals surface area (Å²) in [6, 6.07) is 8.38. The van der Waals surface area contributed by atoms with Gasteiger partial charge in [0.25, 0.3) is 0 Å². The molecule has 0 spiro atoms. The number of benzene rings is 1. The standard InChI is InChI=1S/C15H15N3O3/c16-8-10-2-1-3-11(6-10)9-17-15(21)18-13-5-4-12(7-13)14(19)20/h1-6,12-13H,7,9H2,(H,19,20)(H2,17,18,21). The largest absolute Gasteiger partial charge is 0.481 e. The second-order valence-electron chi connectivity index (χ2n) is 4.81. The van der Waals surface area contributed by atoms with E-state index in [2.05, 4.69) is 10.6 Å². The Hall–Kier alpha value is -2.81. The molecule has 0 saturated heterocycles. The normalized spacial score (nSPS) is 19.8. The fraction of sp³-hybridized carbons (Fsp3) is 0.267. The van der Waals surface area contributed by atoms with Gasteiger partial charge in [0.1, 0.15) is 0 Å². The Bertz CT molecular complexity index is 619. The lowest BCUT2D eigenvalue weighted by atomic mass is 10.1. The zero-order valence-corrected chi connectivity index (χ0v) is 11.2. The van der Waals surface area contributed by atoms with Crippen LogP contribution in [-0.4, -0.2) is 23.1 Å². The Labute approximate surface area is 122 Å². The molecular weight excluding hydrogens is 270 g/mol. The number of carbonyl (C=O) groups excluding carboxylic acids is 1. The predicted molar refractivity (Wildman–Crippen MR) is 75.2 cm³/mol. The number of carbonyl (C=O) groups is 2. The first kappa shape index (κ1) is 14.6. The molecule has 108 valence electrons. The van der Waals surface area contributed by atoms with E-state index in [1.165, 1.54) is 0 Å². The fourth-order valence-electron chi connectivity index (χ4n) is 2.14. The highest BCUT2D eigenvalue weighted by atomic mass is 16.4. The predicted octanol–water partition coefficient (Wildman–Crippen LogP) is 1.39. The van der Waals surface area contributed by atoms with E-state index >= 15 is 0 Å². The van der Waals surface area contributed by atoms with E-state index in [0.29, 0.717) is 18.5 Å². The molecule has 0 fully saturated rings. The maximum Gasteiger partial charge on any atom is 0.315 e. The minimum atomic E-state index is -0.885. The van der Waals surface area contributed by atoms with Gasteiger partial charge in [-0.1, -0.05) is 24.3 Å². The van der Waals surface area contributed by atoms with Crippen molar-refractivity contribution in [3.8, 4) is 6.07 Å². The fourth-order valence-corrected chi connectivity index (χ4v) is 2.14. The lowest BCUT2D eigenvalue weighted by molar-refractivity contribution is -0.140. The number of nitrogens with zero attached hydrogens (tertiary/aromatic N) is 1. The van der Waals surface area contributed by atoms with E-state index in [0.717, 1.165) is 5.56 Å². The molecule has 1 aliphatic rings. The topological polar surface area (TPSA) is 102 Å². The number of carboxylic acid groups (broad SMARTS) is 1. The van der Waals surface area contributed by atoms with Gasteiger partial charge in [-0.05, 0) is 24.1 Å². The van der Waals surface area contributed by atoms with E-state index in [1.54, 1.807) is 30.4 Å². The second-order valence-corrected chi connectivity index (χ2v) is 4.81. The van der Waals surface area contributed by atoms with Crippen molar-refractivity contribution in [1.29, 1.82) is 5.26 Å². The molecule has 1 aromatic carbocycles. The highest BCUT2D eigenvalue weighted by molar-refractivity contribution is 5.76. The molecule has 2 unspecified atom stereocenters. The first-order chi connectivity index (χ1) is 10.1. The van der Waals surface area contributed by atoms with Gasteiger partial charge in [0.05, 0.1) is 23.6 Å². The van der Waals surface area contributed by atoms with E-state index < -0.39 is 11.9 Å². The number of carboxylic acids is 1. The van der Waals surface area contributed by atoms with Crippen LogP contribution in [0.15, 0.2) is 36.4 Å². The molecule has 2 atom stereocenters. The highest BCUT2D eigenvalue weighted by Crippen LogP contribution is 2.17. The summed E-state index contributed by atoms with van der Waals surface area (Å²) in [5.41, 5.74) is 1.37. The molecule has 0 aliphatic heterocycles. The molecule has 0 radical (unpaired) electrons. The number of hydrogen-bond donors (Lipinski definition) is 3. The molecule has 1 aliphatic carbocycles. The van der Waals surface area contributed by atoms with Crippen LogP contribution in [0.1, 0.15) is 17.5 Å². The van der Waals surface area contributed by atoms with Crippen molar-refractivity contribution in [2.24, 2.45) is 5.92 Å². The Morgan fingerprint density at radius 1 is 1.38 bits per heavy atom. The summed E-state index contributed by atoms with van der Waals surface area (Å²) in [7, 11) is 0. The number of rotatable bonds is 4. The van der Waals surface area contributed by atoms with Gasteiger partial charge in [-0.15, -0.1) is 0 Å². The van der Waals surface area contributed by atoms with Crippen molar-refractivity contribution in [3.05, 3.63) is 47.5 Å². The first-order valence-corrected chi connectivity index (χ1v) is 6.53. The van der Waals surface area contributed by atoms with Gasteiger partial charge >= 0.3 is 12.0 Å². The minimum Gasteiger partial charge on any atom is -0.481 e. The van der Waals surface area contributed by atoms with E-state index in [4.69, 9.17) is 10.4 Å². The quantitative estimate of drug-likeness (QED) is 0.727. The van der Waals surface area contributed by atoms with Crippen molar-refractivity contribution in [2.45, 2.75) is 19.0 Å². The van der Waals surface area contributed by atoms with Crippen molar-refractivity contribution in [2.75, 3.05) is 0 Å². The molecule has 0 saturated carbocycles. The lowest BCUT2D eigenvalue weighted by Crippen LogP contribution is -2.40. The van der Waals surface area contributed by atoms with Gasteiger partial charge in [0.2, 0.25) is 0 Å². The van der Waals surface area contributed by atoms with Crippen molar-refractivity contribution < 1.29 is 14.7 Å². The number of amides is 2. The maximum atomic E-state index is 11.7. The molecule has 2 amide bonds. The number of nitriles is 1. The van der Waals surface area contributed by atoms with Gasteiger partial charge in [0, 0.05) is 6.54 Å². The van der Waals surface area contributed by atoms with Crippen LogP contribution >= 0.6 is 0 Å². The third-order valence-corrected chi connectivity index (χ3v) is 3.23. The van der Waals surface area contributed by atoms with Crippen LogP contribution in [0.25, 0.3) is 0 Å². The molecular formula is C15H15N3O3. The molecule has 0 bridgehead atoms. The zero-order valence-electron chi connectivity index (χ0n) is 11.2. The van der Waals surface area contributed by atoms with Gasteiger partial charge < -0.3 is 15.7 Å². The van der Waals surface area contributed by atoms with Crippen molar-refractivity contribution in [1.82, 2.24) is 10.6 Å². The molecule has 6 heteroatoms. The van der Waals surface area contributed by atoms with Crippen LogP contribution < -0.4 is 10.6 Å². The van der Waals surface area contributed by atoms with Gasteiger partial charge in [-0.25, -0.2) is 4.79 Å². The Kier molecular flexibility index (Phi) is 4.57. The van der Waals surface area contributed by atoms with Gasteiger partial charge in [-0.2, -0.15) is 5.26 Å². The number of nitrogens with one attached hydrogen (secondary N) is 2. The minimum absolute atomic E-state index is 0.267. The van der Waals surface area contributed by atoms with E-state index in [9.17, 15) is 9.59 Å². The van der Waals surface area contributed by atoms with Crippen molar-refractivity contribution in [3.63, 3.8) is 0 Å². The number of urea groups is 1. The van der Waals surface area contributed by atoms with Crippen LogP contribution in [0, 0.1) is 17.2 Å². The Balaban J connectivity index is 1.79. The molecule has 0 heterocycles. The summed E-state index contributed by atoms with van der Waals surface area (Å²) in [6.07, 6.45) is 3.64. The second kappa shape index (κ2) is 6.57. The monoisotopic (exact) mass is 285 g/mol. The highest BCUT2D eigenvalue weighted by Gasteiger charge is 2.25. The third-order valence-electron chi connectivity index (χ3n) is 3.23.